The minimum atomic E-state index is 0.417. The fraction of sp³-hybridized carbons (Fsp3) is 0.455. The van der Waals surface area contributed by atoms with E-state index in [0.29, 0.717) is 12.5 Å². The Labute approximate surface area is 99.1 Å². The van der Waals surface area contributed by atoms with E-state index in [1.54, 1.807) is 16.0 Å². The largest absolute Gasteiger partial charge is 0.326 e. The van der Waals surface area contributed by atoms with E-state index in [0.717, 1.165) is 16.3 Å². The Hall–Kier alpha value is -1.20. The molecule has 0 atom stereocenters. The summed E-state index contributed by atoms with van der Waals surface area (Å²) in [5.41, 5.74) is 7.92. The number of aromatic nitrogens is 3. The van der Waals surface area contributed by atoms with Gasteiger partial charge in [0.2, 0.25) is 0 Å². The molecule has 2 heterocycles. The van der Waals surface area contributed by atoms with Crippen LogP contribution in [0.3, 0.4) is 0 Å². The second kappa shape index (κ2) is 4.35. The van der Waals surface area contributed by atoms with Gasteiger partial charge >= 0.3 is 0 Å². The molecule has 4 nitrogen and oxygen atoms in total. The Balaban J connectivity index is 2.43. The van der Waals surface area contributed by atoms with Gasteiger partial charge in [0.1, 0.15) is 5.01 Å². The highest BCUT2D eigenvalue weighted by atomic mass is 32.1. The zero-order valence-electron chi connectivity index (χ0n) is 9.77. The van der Waals surface area contributed by atoms with Gasteiger partial charge in [0.15, 0.2) is 0 Å². The van der Waals surface area contributed by atoms with Crippen molar-refractivity contribution < 1.29 is 0 Å². The summed E-state index contributed by atoms with van der Waals surface area (Å²) in [6, 6.07) is 0. The zero-order valence-corrected chi connectivity index (χ0v) is 10.6. The van der Waals surface area contributed by atoms with Crippen LogP contribution in [0.5, 0.6) is 0 Å². The molecule has 0 spiro atoms. The molecule has 0 radical (unpaired) electrons. The van der Waals surface area contributed by atoms with Crippen molar-refractivity contribution in [3.8, 4) is 10.6 Å². The Morgan fingerprint density at radius 3 is 2.69 bits per heavy atom. The molecule has 0 aliphatic carbocycles. The second-order valence-electron chi connectivity index (χ2n) is 4.09. The van der Waals surface area contributed by atoms with Crippen molar-refractivity contribution in [1.29, 1.82) is 0 Å². The predicted molar refractivity (Wildman–Crippen MR) is 66.3 cm³/mol. The van der Waals surface area contributed by atoms with E-state index in [-0.39, 0.29) is 0 Å². The van der Waals surface area contributed by atoms with Crippen LogP contribution in [0.2, 0.25) is 0 Å². The van der Waals surface area contributed by atoms with Crippen LogP contribution in [0.4, 0.5) is 0 Å². The van der Waals surface area contributed by atoms with E-state index in [4.69, 9.17) is 5.73 Å². The van der Waals surface area contributed by atoms with Crippen molar-refractivity contribution in [3.63, 3.8) is 0 Å². The van der Waals surface area contributed by atoms with E-state index in [1.165, 1.54) is 4.88 Å². The highest BCUT2D eigenvalue weighted by Gasteiger charge is 2.14. The number of nitrogens with zero attached hydrogens (tertiary/aromatic N) is 3. The van der Waals surface area contributed by atoms with Gasteiger partial charge in [0.25, 0.3) is 0 Å². The SMILES string of the molecule is CC(C)c1nc(-c2cnn(C)c2)sc1CN. The van der Waals surface area contributed by atoms with Crippen LogP contribution in [-0.4, -0.2) is 14.8 Å². The third-order valence-corrected chi connectivity index (χ3v) is 3.55. The van der Waals surface area contributed by atoms with Gasteiger partial charge < -0.3 is 5.73 Å². The van der Waals surface area contributed by atoms with Crippen LogP contribution in [0.1, 0.15) is 30.3 Å². The van der Waals surface area contributed by atoms with Crippen LogP contribution in [0, 0.1) is 0 Å². The average Bonchev–Trinajstić information content (AvgIpc) is 2.82. The van der Waals surface area contributed by atoms with Gasteiger partial charge in [-0.05, 0) is 5.92 Å². The van der Waals surface area contributed by atoms with Crippen LogP contribution in [-0.2, 0) is 13.6 Å². The Morgan fingerprint density at radius 2 is 2.25 bits per heavy atom. The number of nitrogens with two attached hydrogens (primary N) is 1. The third kappa shape index (κ3) is 2.01. The van der Waals surface area contributed by atoms with Gasteiger partial charge in [-0.25, -0.2) is 4.98 Å². The van der Waals surface area contributed by atoms with E-state index >= 15 is 0 Å². The quantitative estimate of drug-likeness (QED) is 0.888. The summed E-state index contributed by atoms with van der Waals surface area (Å²) in [6.45, 7) is 4.84. The summed E-state index contributed by atoms with van der Waals surface area (Å²) in [5.74, 6) is 0.417. The van der Waals surface area contributed by atoms with E-state index in [1.807, 2.05) is 19.4 Å². The maximum atomic E-state index is 5.73. The third-order valence-electron chi connectivity index (χ3n) is 2.41. The lowest BCUT2D eigenvalue weighted by Crippen LogP contribution is -1.99. The average molecular weight is 236 g/mol. The van der Waals surface area contributed by atoms with E-state index < -0.39 is 0 Å². The predicted octanol–water partition coefficient (Wildman–Crippen LogP) is 2.13. The van der Waals surface area contributed by atoms with Crippen molar-refractivity contribution >= 4 is 11.3 Å². The topological polar surface area (TPSA) is 56.7 Å². The lowest BCUT2D eigenvalue weighted by molar-refractivity contribution is 0.768. The van der Waals surface area contributed by atoms with Crippen LogP contribution in [0.25, 0.3) is 10.6 Å². The molecule has 16 heavy (non-hydrogen) atoms. The minimum absolute atomic E-state index is 0.417. The maximum Gasteiger partial charge on any atom is 0.127 e. The van der Waals surface area contributed by atoms with Crippen molar-refractivity contribution in [2.75, 3.05) is 0 Å². The summed E-state index contributed by atoms with van der Waals surface area (Å²) in [4.78, 5) is 5.82. The summed E-state index contributed by atoms with van der Waals surface area (Å²) < 4.78 is 1.79. The molecule has 2 aromatic heterocycles. The molecule has 86 valence electrons. The van der Waals surface area contributed by atoms with Gasteiger partial charge in [-0.2, -0.15) is 5.10 Å². The van der Waals surface area contributed by atoms with Crippen LogP contribution >= 0.6 is 11.3 Å². The smallest absolute Gasteiger partial charge is 0.127 e. The van der Waals surface area contributed by atoms with Gasteiger partial charge in [0.05, 0.1) is 11.9 Å². The highest BCUT2D eigenvalue weighted by molar-refractivity contribution is 7.15. The summed E-state index contributed by atoms with van der Waals surface area (Å²) in [6.07, 6.45) is 3.81. The first kappa shape index (κ1) is 11.3. The number of thiazole rings is 1. The van der Waals surface area contributed by atoms with Gasteiger partial charge in [-0.3, -0.25) is 4.68 Å². The number of rotatable bonds is 3. The molecular formula is C11H16N4S. The Morgan fingerprint density at radius 1 is 1.50 bits per heavy atom. The summed E-state index contributed by atoms with van der Waals surface area (Å²) in [7, 11) is 1.91. The Bertz CT molecular complexity index is 484. The molecule has 0 amide bonds. The molecule has 0 saturated heterocycles. The molecule has 2 aromatic rings. The van der Waals surface area contributed by atoms with Crippen molar-refractivity contribution in [2.24, 2.45) is 12.8 Å². The first-order valence-electron chi connectivity index (χ1n) is 5.30. The number of aryl methyl sites for hydroxylation is 1. The second-order valence-corrected chi connectivity index (χ2v) is 5.17. The monoisotopic (exact) mass is 236 g/mol. The molecule has 0 saturated carbocycles. The highest BCUT2D eigenvalue weighted by Crippen LogP contribution is 2.31. The van der Waals surface area contributed by atoms with Crippen molar-refractivity contribution in [1.82, 2.24) is 14.8 Å². The molecule has 5 heteroatoms. The minimum Gasteiger partial charge on any atom is -0.326 e. The van der Waals surface area contributed by atoms with E-state index in [2.05, 4.69) is 23.9 Å². The zero-order chi connectivity index (χ0) is 11.7. The lowest BCUT2D eigenvalue weighted by Gasteiger charge is -2.01. The van der Waals surface area contributed by atoms with Crippen molar-refractivity contribution in [3.05, 3.63) is 23.0 Å². The molecule has 0 bridgehead atoms. The normalized spacial score (nSPS) is 11.3. The molecule has 0 unspecified atom stereocenters. The van der Waals surface area contributed by atoms with Gasteiger partial charge in [0, 0.05) is 30.2 Å². The molecule has 2 N–H and O–H groups in total. The first-order valence-corrected chi connectivity index (χ1v) is 6.12. The molecular weight excluding hydrogens is 220 g/mol. The molecule has 2 rings (SSSR count). The van der Waals surface area contributed by atoms with Gasteiger partial charge in [-0.15, -0.1) is 11.3 Å². The lowest BCUT2D eigenvalue weighted by atomic mass is 10.1. The number of hydrogen-bond donors (Lipinski definition) is 1. The van der Waals surface area contributed by atoms with Crippen molar-refractivity contribution in [2.45, 2.75) is 26.3 Å². The molecule has 0 aliphatic rings. The molecule has 0 aromatic carbocycles. The standard InChI is InChI=1S/C11H16N4S/c1-7(2)10-9(4-12)16-11(14-10)8-5-13-15(3)6-8/h5-7H,4,12H2,1-3H3. The first-order chi connectivity index (χ1) is 7.61. The van der Waals surface area contributed by atoms with Crippen LogP contribution < -0.4 is 5.73 Å². The van der Waals surface area contributed by atoms with Gasteiger partial charge in [-0.1, -0.05) is 13.8 Å². The fourth-order valence-corrected chi connectivity index (χ4v) is 2.69. The molecule has 0 aliphatic heterocycles. The summed E-state index contributed by atoms with van der Waals surface area (Å²) in [5, 5.41) is 5.17. The number of hydrogen-bond acceptors (Lipinski definition) is 4. The molecule has 0 fully saturated rings. The maximum absolute atomic E-state index is 5.73. The van der Waals surface area contributed by atoms with E-state index in [9.17, 15) is 0 Å². The Kier molecular flexibility index (Phi) is 3.07. The summed E-state index contributed by atoms with van der Waals surface area (Å²) >= 11 is 1.66. The van der Waals surface area contributed by atoms with Crippen LogP contribution in [0.15, 0.2) is 12.4 Å². The fourth-order valence-electron chi connectivity index (χ4n) is 1.62.